The van der Waals surface area contributed by atoms with E-state index in [1.165, 1.54) is 0 Å². The molecule has 0 bridgehead atoms. The summed E-state index contributed by atoms with van der Waals surface area (Å²) in [4.78, 5) is 28.6. The van der Waals surface area contributed by atoms with Crippen molar-refractivity contribution in [2.24, 2.45) is 7.05 Å². The molecule has 1 aromatic heterocycles. The minimum atomic E-state index is 0.0227. The fraction of sp³-hybridized carbons (Fsp3) is 0.500. The number of thioether (sulfide) groups is 1. The molecule has 8 heteroatoms. The van der Waals surface area contributed by atoms with Gasteiger partial charge in [-0.1, -0.05) is 36.0 Å². The van der Waals surface area contributed by atoms with Crippen LogP contribution < -0.4 is 0 Å². The first kappa shape index (κ1) is 19.0. The highest BCUT2D eigenvalue weighted by Crippen LogP contribution is 2.33. The average molecular weight is 400 g/mol. The third-order valence-corrected chi connectivity index (χ3v) is 6.53. The highest BCUT2D eigenvalue weighted by atomic mass is 32.2. The number of hydrogen-bond donors (Lipinski definition) is 0. The molecule has 2 fully saturated rings. The summed E-state index contributed by atoms with van der Waals surface area (Å²) >= 11 is 1.64. The van der Waals surface area contributed by atoms with Crippen molar-refractivity contribution in [3.05, 3.63) is 41.7 Å². The van der Waals surface area contributed by atoms with E-state index < -0.39 is 0 Å². The van der Waals surface area contributed by atoms with Crippen LogP contribution in [-0.4, -0.2) is 62.1 Å². The Morgan fingerprint density at radius 3 is 2.82 bits per heavy atom. The van der Waals surface area contributed by atoms with E-state index in [1.807, 2.05) is 28.6 Å². The van der Waals surface area contributed by atoms with E-state index in [0.717, 1.165) is 29.1 Å². The fourth-order valence-electron chi connectivity index (χ4n) is 3.52. The molecule has 1 saturated heterocycles. The number of piperazine rings is 1. The van der Waals surface area contributed by atoms with Crippen LogP contribution >= 0.6 is 11.8 Å². The molecule has 1 saturated carbocycles. The van der Waals surface area contributed by atoms with Gasteiger partial charge in [-0.3, -0.25) is 9.59 Å². The Morgan fingerprint density at radius 1 is 1.32 bits per heavy atom. The van der Waals surface area contributed by atoms with E-state index in [1.54, 1.807) is 23.0 Å². The first-order valence-electron chi connectivity index (χ1n) is 9.68. The second kappa shape index (κ2) is 7.95. The van der Waals surface area contributed by atoms with Crippen LogP contribution in [0.4, 0.5) is 0 Å². The van der Waals surface area contributed by atoms with Crippen molar-refractivity contribution in [1.82, 2.24) is 24.6 Å². The molecule has 2 aromatic rings. The van der Waals surface area contributed by atoms with Gasteiger partial charge in [0.2, 0.25) is 11.8 Å². The zero-order chi connectivity index (χ0) is 19.7. The predicted molar refractivity (Wildman–Crippen MR) is 107 cm³/mol. The van der Waals surface area contributed by atoms with Gasteiger partial charge in [0.1, 0.15) is 6.33 Å². The maximum absolute atomic E-state index is 12.7. The number of benzene rings is 1. The number of aromatic nitrogens is 3. The molecule has 1 aliphatic heterocycles. The summed E-state index contributed by atoms with van der Waals surface area (Å²) in [6, 6.07) is 8.54. The van der Waals surface area contributed by atoms with Crippen LogP contribution in [0.15, 0.2) is 35.7 Å². The van der Waals surface area contributed by atoms with E-state index in [4.69, 9.17) is 0 Å². The minimum Gasteiger partial charge on any atom is -0.336 e. The van der Waals surface area contributed by atoms with Crippen LogP contribution in [0, 0.1) is 0 Å². The van der Waals surface area contributed by atoms with Gasteiger partial charge in [0, 0.05) is 31.4 Å². The summed E-state index contributed by atoms with van der Waals surface area (Å²) in [5.74, 6) is 0.110. The van der Waals surface area contributed by atoms with Gasteiger partial charge in [-0.05, 0) is 30.9 Å². The molecule has 28 heavy (non-hydrogen) atoms. The van der Waals surface area contributed by atoms with Gasteiger partial charge in [0.05, 0.1) is 13.0 Å². The van der Waals surface area contributed by atoms with E-state index in [9.17, 15) is 9.59 Å². The van der Waals surface area contributed by atoms with Crippen molar-refractivity contribution in [1.29, 1.82) is 0 Å². The lowest BCUT2D eigenvalue weighted by Crippen LogP contribution is -2.53. The van der Waals surface area contributed by atoms with Crippen molar-refractivity contribution < 1.29 is 9.59 Å². The average Bonchev–Trinajstić information content (AvgIpc) is 3.45. The molecular weight excluding hydrogens is 374 g/mol. The fourth-order valence-corrected chi connectivity index (χ4v) is 4.43. The normalized spacial score (nSPS) is 18.4. The molecule has 148 valence electrons. The summed E-state index contributed by atoms with van der Waals surface area (Å²) in [5, 5.41) is 9.09. The lowest BCUT2D eigenvalue weighted by atomic mass is 10.1. The zero-order valence-electron chi connectivity index (χ0n) is 16.2. The number of hydrogen-bond acceptors (Lipinski definition) is 5. The van der Waals surface area contributed by atoms with Crippen molar-refractivity contribution >= 4 is 23.6 Å². The van der Waals surface area contributed by atoms with Gasteiger partial charge in [0.25, 0.3) is 0 Å². The summed E-state index contributed by atoms with van der Waals surface area (Å²) in [5.41, 5.74) is 2.12. The minimum absolute atomic E-state index is 0.0227. The molecule has 1 atom stereocenters. The smallest absolute Gasteiger partial charge is 0.242 e. The molecule has 2 heterocycles. The molecule has 2 aliphatic rings. The van der Waals surface area contributed by atoms with Crippen molar-refractivity contribution in [2.45, 2.75) is 42.6 Å². The highest BCUT2D eigenvalue weighted by Gasteiger charge is 2.36. The number of nitrogens with zero attached hydrogens (tertiary/aromatic N) is 5. The zero-order valence-corrected chi connectivity index (χ0v) is 17.1. The standard InChI is InChI=1S/C20H25N5O2S/c1-14(28-20-22-21-13-23(20)2)16-5-3-4-15(10-16)11-18(26)24-8-9-25(17-6-7-17)19(27)12-24/h3-5,10,13-14,17H,6-9,11-12H2,1-2H3/t14-/m0/s1. The Morgan fingerprint density at radius 2 is 2.14 bits per heavy atom. The number of aryl methyl sites for hydroxylation is 1. The van der Waals surface area contributed by atoms with E-state index in [-0.39, 0.29) is 23.6 Å². The molecule has 0 radical (unpaired) electrons. The highest BCUT2D eigenvalue weighted by molar-refractivity contribution is 7.99. The third kappa shape index (κ3) is 4.22. The van der Waals surface area contributed by atoms with Crippen LogP contribution in [-0.2, 0) is 23.1 Å². The van der Waals surface area contributed by atoms with Gasteiger partial charge in [-0.15, -0.1) is 10.2 Å². The van der Waals surface area contributed by atoms with Gasteiger partial charge in [-0.25, -0.2) is 0 Å². The maximum atomic E-state index is 12.7. The van der Waals surface area contributed by atoms with E-state index in [2.05, 4.69) is 29.3 Å². The molecule has 1 aliphatic carbocycles. The van der Waals surface area contributed by atoms with E-state index >= 15 is 0 Å². The van der Waals surface area contributed by atoms with Crippen molar-refractivity contribution in [3.8, 4) is 0 Å². The number of carbonyl (C=O) groups excluding carboxylic acids is 2. The molecular formula is C20H25N5O2S. The summed E-state index contributed by atoms with van der Waals surface area (Å²) in [6.45, 7) is 3.64. The Labute approximate surface area is 169 Å². The summed E-state index contributed by atoms with van der Waals surface area (Å²) in [6.07, 6.45) is 4.23. The monoisotopic (exact) mass is 399 g/mol. The van der Waals surface area contributed by atoms with Crippen LogP contribution in [0.3, 0.4) is 0 Å². The SMILES string of the molecule is C[C@H](Sc1nncn1C)c1cccc(CC(=O)N2CCN(C3CC3)C(=O)C2)c1. The van der Waals surface area contributed by atoms with Gasteiger partial charge < -0.3 is 14.4 Å². The Bertz CT molecular complexity index is 879. The second-order valence-electron chi connectivity index (χ2n) is 7.54. The molecule has 2 amide bonds. The van der Waals surface area contributed by atoms with Crippen molar-refractivity contribution in [3.63, 3.8) is 0 Å². The van der Waals surface area contributed by atoms with Gasteiger partial charge in [0.15, 0.2) is 5.16 Å². The molecule has 1 aromatic carbocycles. The first-order valence-corrected chi connectivity index (χ1v) is 10.6. The number of carbonyl (C=O) groups is 2. The molecule has 7 nitrogen and oxygen atoms in total. The predicted octanol–water partition coefficient (Wildman–Crippen LogP) is 2.04. The van der Waals surface area contributed by atoms with Crippen LogP contribution in [0.25, 0.3) is 0 Å². The summed E-state index contributed by atoms with van der Waals surface area (Å²) in [7, 11) is 1.93. The molecule has 0 N–H and O–H groups in total. The van der Waals surface area contributed by atoms with Gasteiger partial charge >= 0.3 is 0 Å². The number of rotatable bonds is 6. The Hall–Kier alpha value is -2.35. The Kier molecular flexibility index (Phi) is 5.39. The van der Waals surface area contributed by atoms with E-state index in [0.29, 0.717) is 25.6 Å². The number of amides is 2. The Balaban J connectivity index is 1.37. The molecule has 0 spiro atoms. The lowest BCUT2D eigenvalue weighted by Gasteiger charge is -2.34. The van der Waals surface area contributed by atoms with Crippen LogP contribution in [0.2, 0.25) is 0 Å². The lowest BCUT2D eigenvalue weighted by molar-refractivity contribution is -0.145. The first-order chi connectivity index (χ1) is 13.5. The topological polar surface area (TPSA) is 71.3 Å². The summed E-state index contributed by atoms with van der Waals surface area (Å²) < 4.78 is 1.90. The van der Waals surface area contributed by atoms with Crippen molar-refractivity contribution in [2.75, 3.05) is 19.6 Å². The van der Waals surface area contributed by atoms with Crippen LogP contribution in [0.5, 0.6) is 0 Å². The van der Waals surface area contributed by atoms with Gasteiger partial charge in [-0.2, -0.15) is 0 Å². The quantitative estimate of drug-likeness (QED) is 0.695. The second-order valence-corrected chi connectivity index (χ2v) is 8.85. The third-order valence-electron chi connectivity index (χ3n) is 5.33. The molecule has 4 rings (SSSR count). The van der Waals surface area contributed by atoms with Crippen LogP contribution in [0.1, 0.15) is 36.1 Å². The molecule has 0 unspecified atom stereocenters. The largest absolute Gasteiger partial charge is 0.336 e. The maximum Gasteiger partial charge on any atom is 0.242 e.